The molecule has 1 aromatic carbocycles. The predicted molar refractivity (Wildman–Crippen MR) is 96.4 cm³/mol. The fourth-order valence-corrected chi connectivity index (χ4v) is 3.15. The van der Waals surface area contributed by atoms with Crippen LogP contribution in [-0.2, 0) is 4.74 Å². The number of aromatic nitrogens is 2. The number of carbonyl (C=O) groups excluding carboxylic acids is 1. The van der Waals surface area contributed by atoms with Crippen molar-refractivity contribution in [1.29, 1.82) is 0 Å². The molecule has 9 nitrogen and oxygen atoms in total. The van der Waals surface area contributed by atoms with E-state index in [1.54, 1.807) is 17.9 Å². The number of anilines is 1. The van der Waals surface area contributed by atoms with E-state index in [1.165, 1.54) is 12.1 Å². The molecule has 0 spiro atoms. The minimum Gasteiger partial charge on any atom is -0.450 e. The number of likely N-dealkylation sites (tertiary alicyclic amines) is 1. The lowest BCUT2D eigenvalue weighted by Gasteiger charge is -2.31. The van der Waals surface area contributed by atoms with E-state index in [9.17, 15) is 14.9 Å². The molecule has 0 radical (unpaired) electrons. The highest BCUT2D eigenvalue weighted by Crippen LogP contribution is 2.30. The zero-order chi connectivity index (χ0) is 18.7. The van der Waals surface area contributed by atoms with Gasteiger partial charge < -0.3 is 15.0 Å². The molecule has 0 unspecified atom stereocenters. The number of nitrogens with zero attached hydrogens (tertiary/aromatic N) is 4. The van der Waals surface area contributed by atoms with Crippen LogP contribution in [0.15, 0.2) is 18.2 Å². The number of nitro benzene ring substituents is 1. The van der Waals surface area contributed by atoms with Gasteiger partial charge in [-0.25, -0.2) is 4.79 Å². The number of hydrogen-bond acceptors (Lipinski definition) is 7. The van der Waals surface area contributed by atoms with Crippen molar-refractivity contribution >= 4 is 40.0 Å². The molecule has 1 aliphatic rings. The van der Waals surface area contributed by atoms with Crippen LogP contribution in [0.4, 0.5) is 16.3 Å². The second-order valence-corrected chi connectivity index (χ2v) is 6.29. The molecule has 1 saturated heterocycles. The fraction of sp³-hybridized carbons (Fsp3) is 0.438. The standard InChI is InChI=1S/C16H18ClN5O4/c1-2-26-16(23)21-7-5-10(6-8-21)18-15-13-9-11(22(24)25)3-4-12(13)14(17)19-20-15/h3-4,9-10H,2,5-8H2,1H3,(H,18,20). The number of amides is 1. The number of non-ortho nitro benzene ring substituents is 1. The summed E-state index contributed by atoms with van der Waals surface area (Å²) in [5.41, 5.74) is -0.0400. The molecule has 1 N–H and O–H groups in total. The van der Waals surface area contributed by atoms with E-state index in [-0.39, 0.29) is 23.0 Å². The number of rotatable bonds is 4. The number of fused-ring (bicyclic) bond motifs is 1. The number of halogens is 1. The van der Waals surface area contributed by atoms with Crippen molar-refractivity contribution in [3.63, 3.8) is 0 Å². The van der Waals surface area contributed by atoms with E-state index in [2.05, 4.69) is 15.5 Å². The largest absolute Gasteiger partial charge is 0.450 e. The zero-order valence-electron chi connectivity index (χ0n) is 14.1. The summed E-state index contributed by atoms with van der Waals surface area (Å²) in [6.45, 7) is 3.25. The molecule has 0 atom stereocenters. The second-order valence-electron chi connectivity index (χ2n) is 5.93. The predicted octanol–water partition coefficient (Wildman–Crippen LogP) is 3.22. The number of piperidine rings is 1. The van der Waals surface area contributed by atoms with E-state index in [1.807, 2.05) is 0 Å². The number of ether oxygens (including phenoxy) is 1. The number of nitrogens with one attached hydrogen (secondary N) is 1. The van der Waals surface area contributed by atoms with Gasteiger partial charge in [0, 0.05) is 42.0 Å². The molecule has 3 rings (SSSR count). The average Bonchev–Trinajstić information content (AvgIpc) is 2.64. The van der Waals surface area contributed by atoms with Crippen molar-refractivity contribution in [2.24, 2.45) is 0 Å². The number of carbonyl (C=O) groups is 1. The summed E-state index contributed by atoms with van der Waals surface area (Å²) < 4.78 is 5.01. The van der Waals surface area contributed by atoms with Crippen molar-refractivity contribution in [3.05, 3.63) is 33.5 Å². The molecule has 10 heteroatoms. The Morgan fingerprint density at radius 3 is 2.77 bits per heavy atom. The highest BCUT2D eigenvalue weighted by molar-refractivity contribution is 6.34. The lowest BCUT2D eigenvalue weighted by molar-refractivity contribution is -0.384. The Morgan fingerprint density at radius 2 is 2.12 bits per heavy atom. The van der Waals surface area contributed by atoms with Gasteiger partial charge >= 0.3 is 6.09 Å². The molecule has 0 aliphatic carbocycles. The van der Waals surface area contributed by atoms with Gasteiger partial charge in [-0.05, 0) is 25.8 Å². The van der Waals surface area contributed by atoms with Crippen LogP contribution in [0.5, 0.6) is 0 Å². The summed E-state index contributed by atoms with van der Waals surface area (Å²) in [5, 5.41) is 23.6. The van der Waals surface area contributed by atoms with Gasteiger partial charge in [0.25, 0.3) is 5.69 Å². The Hall–Kier alpha value is -2.68. The molecule has 2 aromatic rings. The van der Waals surface area contributed by atoms with Crippen LogP contribution < -0.4 is 5.32 Å². The third-order valence-corrected chi connectivity index (χ3v) is 4.57. The monoisotopic (exact) mass is 379 g/mol. The Kier molecular flexibility index (Phi) is 5.36. The van der Waals surface area contributed by atoms with Crippen LogP contribution in [0.3, 0.4) is 0 Å². The number of hydrogen-bond donors (Lipinski definition) is 1. The number of benzene rings is 1. The van der Waals surface area contributed by atoms with Gasteiger partial charge in [-0.2, -0.15) is 0 Å². The average molecular weight is 380 g/mol. The van der Waals surface area contributed by atoms with E-state index in [0.29, 0.717) is 49.1 Å². The smallest absolute Gasteiger partial charge is 0.409 e. The van der Waals surface area contributed by atoms with Crippen LogP contribution in [0, 0.1) is 10.1 Å². The van der Waals surface area contributed by atoms with Gasteiger partial charge in [0.15, 0.2) is 11.0 Å². The minimum absolute atomic E-state index is 0.0400. The summed E-state index contributed by atoms with van der Waals surface area (Å²) in [5.74, 6) is 0.447. The van der Waals surface area contributed by atoms with Crippen LogP contribution in [0.1, 0.15) is 19.8 Å². The molecule has 26 heavy (non-hydrogen) atoms. The lowest BCUT2D eigenvalue weighted by Crippen LogP contribution is -2.42. The normalized spacial score (nSPS) is 15.1. The van der Waals surface area contributed by atoms with Crippen LogP contribution in [-0.4, -0.2) is 51.9 Å². The lowest BCUT2D eigenvalue weighted by atomic mass is 10.0. The summed E-state index contributed by atoms with van der Waals surface area (Å²) >= 11 is 6.06. The topological polar surface area (TPSA) is 110 Å². The third-order valence-electron chi connectivity index (χ3n) is 4.29. The molecule has 1 fully saturated rings. The Bertz CT molecular complexity index is 839. The van der Waals surface area contributed by atoms with E-state index >= 15 is 0 Å². The summed E-state index contributed by atoms with van der Waals surface area (Å²) in [6, 6.07) is 4.46. The van der Waals surface area contributed by atoms with E-state index in [0.717, 1.165) is 0 Å². The van der Waals surface area contributed by atoms with Crippen LogP contribution in [0.25, 0.3) is 10.8 Å². The van der Waals surface area contributed by atoms with Gasteiger partial charge in [-0.3, -0.25) is 10.1 Å². The van der Waals surface area contributed by atoms with E-state index in [4.69, 9.17) is 16.3 Å². The first kappa shape index (κ1) is 18.1. The quantitative estimate of drug-likeness (QED) is 0.641. The molecule has 0 saturated carbocycles. The summed E-state index contributed by atoms with van der Waals surface area (Å²) in [7, 11) is 0. The molecule has 1 aromatic heterocycles. The first-order valence-electron chi connectivity index (χ1n) is 8.28. The molecule has 1 aliphatic heterocycles. The fourth-order valence-electron chi connectivity index (χ4n) is 2.94. The van der Waals surface area contributed by atoms with Gasteiger partial charge in [-0.1, -0.05) is 11.6 Å². The molecular weight excluding hydrogens is 362 g/mol. The summed E-state index contributed by atoms with van der Waals surface area (Å²) in [6.07, 6.45) is 1.11. The van der Waals surface area contributed by atoms with Gasteiger partial charge in [0.1, 0.15) is 0 Å². The van der Waals surface area contributed by atoms with Crippen molar-refractivity contribution in [3.8, 4) is 0 Å². The van der Waals surface area contributed by atoms with Crippen molar-refractivity contribution in [2.45, 2.75) is 25.8 Å². The zero-order valence-corrected chi connectivity index (χ0v) is 14.9. The third kappa shape index (κ3) is 3.77. The first-order chi connectivity index (χ1) is 12.5. The van der Waals surface area contributed by atoms with Gasteiger partial charge in [0.05, 0.1) is 11.5 Å². The summed E-state index contributed by atoms with van der Waals surface area (Å²) in [4.78, 5) is 24.0. The van der Waals surface area contributed by atoms with Crippen LogP contribution in [0.2, 0.25) is 5.15 Å². The van der Waals surface area contributed by atoms with Crippen molar-refractivity contribution in [1.82, 2.24) is 15.1 Å². The molecule has 1 amide bonds. The first-order valence-corrected chi connectivity index (χ1v) is 8.66. The SMILES string of the molecule is CCOC(=O)N1CCC(Nc2nnc(Cl)c3ccc([N+](=O)[O-])cc23)CC1. The second kappa shape index (κ2) is 7.69. The highest BCUT2D eigenvalue weighted by atomic mass is 35.5. The molecule has 138 valence electrons. The molecular formula is C16H18ClN5O4. The Morgan fingerprint density at radius 1 is 1.38 bits per heavy atom. The maximum absolute atomic E-state index is 11.8. The minimum atomic E-state index is -0.463. The Balaban J connectivity index is 1.77. The van der Waals surface area contributed by atoms with Crippen molar-refractivity contribution < 1.29 is 14.5 Å². The highest BCUT2D eigenvalue weighted by Gasteiger charge is 2.24. The van der Waals surface area contributed by atoms with Crippen molar-refractivity contribution in [2.75, 3.05) is 25.0 Å². The van der Waals surface area contributed by atoms with Crippen LogP contribution >= 0.6 is 11.6 Å². The maximum Gasteiger partial charge on any atom is 0.409 e. The Labute approximate surface area is 154 Å². The van der Waals surface area contributed by atoms with Gasteiger partial charge in [0.2, 0.25) is 0 Å². The van der Waals surface area contributed by atoms with E-state index < -0.39 is 4.92 Å². The molecule has 2 heterocycles. The maximum atomic E-state index is 11.8. The molecule has 0 bridgehead atoms. The number of nitro groups is 1. The van der Waals surface area contributed by atoms with Gasteiger partial charge in [-0.15, -0.1) is 10.2 Å².